The number of nitrogens with zero attached hydrogens (tertiary/aromatic N) is 1. The molecule has 14 heavy (non-hydrogen) atoms. The molecule has 2 rings (SSSR count). The molecule has 3 heteroatoms. The van der Waals surface area contributed by atoms with Gasteiger partial charge in [0, 0.05) is 11.6 Å². The second-order valence-corrected chi connectivity index (χ2v) is 4.18. The first-order valence-electron chi connectivity index (χ1n) is 5.64. The Morgan fingerprint density at radius 2 is 2.14 bits per heavy atom. The molecule has 0 spiro atoms. The lowest BCUT2D eigenvalue weighted by molar-refractivity contribution is 0.434. The Bertz CT molecular complexity index is 274. The lowest BCUT2D eigenvalue weighted by atomic mass is 9.85. The van der Waals surface area contributed by atoms with Crippen LogP contribution < -0.4 is 5.73 Å². The molecule has 1 aromatic rings. The number of hydrogen-bond donors (Lipinski definition) is 2. The van der Waals surface area contributed by atoms with Crippen molar-refractivity contribution >= 4 is 0 Å². The van der Waals surface area contributed by atoms with Gasteiger partial charge in [0.1, 0.15) is 0 Å². The number of aromatic amines is 1. The minimum absolute atomic E-state index is 0.716. The minimum atomic E-state index is 0.716. The van der Waals surface area contributed by atoms with Crippen molar-refractivity contribution < 1.29 is 0 Å². The zero-order valence-electron chi connectivity index (χ0n) is 8.63. The maximum absolute atomic E-state index is 5.58. The summed E-state index contributed by atoms with van der Waals surface area (Å²) >= 11 is 0. The molecule has 1 aliphatic rings. The third kappa shape index (κ3) is 1.98. The van der Waals surface area contributed by atoms with Crippen molar-refractivity contribution in [2.75, 3.05) is 6.54 Å². The van der Waals surface area contributed by atoms with Crippen LogP contribution in [0.4, 0.5) is 0 Å². The van der Waals surface area contributed by atoms with Crippen molar-refractivity contribution in [1.82, 2.24) is 10.2 Å². The first-order chi connectivity index (χ1) is 6.92. The third-order valence-electron chi connectivity index (χ3n) is 3.18. The highest BCUT2D eigenvalue weighted by molar-refractivity contribution is 5.21. The van der Waals surface area contributed by atoms with Gasteiger partial charge in [-0.15, -0.1) is 0 Å². The van der Waals surface area contributed by atoms with Crippen LogP contribution in [0, 0.1) is 0 Å². The van der Waals surface area contributed by atoms with Crippen LogP contribution in [-0.2, 0) is 6.42 Å². The smallest absolute Gasteiger partial charge is 0.0522 e. The largest absolute Gasteiger partial charge is 0.330 e. The van der Waals surface area contributed by atoms with E-state index in [1.807, 2.05) is 6.20 Å². The Balaban J connectivity index is 2.09. The normalized spacial score (nSPS) is 18.6. The summed E-state index contributed by atoms with van der Waals surface area (Å²) in [6.07, 6.45) is 9.67. The SMILES string of the molecule is NCCc1cn[nH]c1C1CCCCC1. The van der Waals surface area contributed by atoms with E-state index in [9.17, 15) is 0 Å². The van der Waals surface area contributed by atoms with Crippen LogP contribution in [0.3, 0.4) is 0 Å². The van der Waals surface area contributed by atoms with Crippen LogP contribution in [0.15, 0.2) is 6.20 Å². The number of hydrogen-bond acceptors (Lipinski definition) is 2. The topological polar surface area (TPSA) is 54.7 Å². The summed E-state index contributed by atoms with van der Waals surface area (Å²) in [5, 5.41) is 7.29. The van der Waals surface area contributed by atoms with E-state index in [2.05, 4.69) is 10.2 Å². The molecule has 0 aromatic carbocycles. The lowest BCUT2D eigenvalue weighted by Gasteiger charge is -2.21. The lowest BCUT2D eigenvalue weighted by Crippen LogP contribution is -2.10. The minimum Gasteiger partial charge on any atom is -0.330 e. The second kappa shape index (κ2) is 4.60. The maximum Gasteiger partial charge on any atom is 0.0522 e. The van der Waals surface area contributed by atoms with Crippen molar-refractivity contribution in [3.63, 3.8) is 0 Å². The van der Waals surface area contributed by atoms with Gasteiger partial charge >= 0.3 is 0 Å². The zero-order valence-corrected chi connectivity index (χ0v) is 8.63. The Hall–Kier alpha value is -0.830. The van der Waals surface area contributed by atoms with Crippen LogP contribution in [0.1, 0.15) is 49.3 Å². The zero-order chi connectivity index (χ0) is 9.80. The number of nitrogens with one attached hydrogen (secondary N) is 1. The van der Waals surface area contributed by atoms with Crippen molar-refractivity contribution in [2.24, 2.45) is 5.73 Å². The van der Waals surface area contributed by atoms with E-state index in [0.29, 0.717) is 5.92 Å². The molecular formula is C11H19N3. The summed E-state index contributed by atoms with van der Waals surface area (Å²) in [5.74, 6) is 0.716. The highest BCUT2D eigenvalue weighted by Gasteiger charge is 2.19. The number of nitrogens with two attached hydrogens (primary N) is 1. The molecule has 0 radical (unpaired) electrons. The quantitative estimate of drug-likeness (QED) is 0.771. The fourth-order valence-corrected chi connectivity index (χ4v) is 2.42. The maximum atomic E-state index is 5.58. The van der Waals surface area contributed by atoms with Gasteiger partial charge in [-0.05, 0) is 31.4 Å². The van der Waals surface area contributed by atoms with E-state index in [1.165, 1.54) is 43.4 Å². The van der Waals surface area contributed by atoms with E-state index < -0.39 is 0 Å². The summed E-state index contributed by atoms with van der Waals surface area (Å²) in [6.45, 7) is 0.721. The molecule has 0 atom stereocenters. The van der Waals surface area contributed by atoms with Gasteiger partial charge in [-0.3, -0.25) is 5.10 Å². The Labute approximate surface area is 85.1 Å². The van der Waals surface area contributed by atoms with E-state index >= 15 is 0 Å². The highest BCUT2D eigenvalue weighted by atomic mass is 15.1. The first-order valence-corrected chi connectivity index (χ1v) is 5.64. The van der Waals surface area contributed by atoms with Crippen LogP contribution in [-0.4, -0.2) is 16.7 Å². The summed E-state index contributed by atoms with van der Waals surface area (Å²) in [6, 6.07) is 0. The van der Waals surface area contributed by atoms with Crippen LogP contribution in [0.25, 0.3) is 0 Å². The van der Waals surface area contributed by atoms with E-state index in [0.717, 1.165) is 13.0 Å². The summed E-state index contributed by atoms with van der Waals surface area (Å²) < 4.78 is 0. The Morgan fingerprint density at radius 3 is 2.86 bits per heavy atom. The summed E-state index contributed by atoms with van der Waals surface area (Å²) in [7, 11) is 0. The number of aromatic nitrogens is 2. The summed E-state index contributed by atoms with van der Waals surface area (Å²) in [5.41, 5.74) is 8.27. The molecule has 1 heterocycles. The predicted molar refractivity (Wildman–Crippen MR) is 57.2 cm³/mol. The Morgan fingerprint density at radius 1 is 1.36 bits per heavy atom. The second-order valence-electron chi connectivity index (χ2n) is 4.18. The molecular weight excluding hydrogens is 174 g/mol. The first kappa shape index (κ1) is 9.71. The molecule has 3 nitrogen and oxygen atoms in total. The molecule has 1 fully saturated rings. The van der Waals surface area contributed by atoms with Crippen molar-refractivity contribution in [1.29, 1.82) is 0 Å². The van der Waals surface area contributed by atoms with Crippen LogP contribution in [0.2, 0.25) is 0 Å². The molecule has 0 unspecified atom stereocenters. The Kier molecular flexibility index (Phi) is 3.19. The van der Waals surface area contributed by atoms with Crippen molar-refractivity contribution in [3.05, 3.63) is 17.5 Å². The van der Waals surface area contributed by atoms with Gasteiger partial charge < -0.3 is 5.73 Å². The molecule has 78 valence electrons. The van der Waals surface area contributed by atoms with E-state index in [-0.39, 0.29) is 0 Å². The molecule has 0 amide bonds. The van der Waals surface area contributed by atoms with Gasteiger partial charge in [0.05, 0.1) is 6.20 Å². The van der Waals surface area contributed by atoms with Gasteiger partial charge in [-0.1, -0.05) is 19.3 Å². The van der Waals surface area contributed by atoms with Crippen molar-refractivity contribution in [3.8, 4) is 0 Å². The average molecular weight is 193 g/mol. The van der Waals surface area contributed by atoms with Gasteiger partial charge in [-0.2, -0.15) is 5.10 Å². The standard InChI is InChI=1S/C11H19N3/c12-7-6-10-8-13-14-11(10)9-4-2-1-3-5-9/h8-9H,1-7,12H2,(H,13,14). The molecule has 0 saturated heterocycles. The molecule has 1 saturated carbocycles. The fourth-order valence-electron chi connectivity index (χ4n) is 2.42. The summed E-state index contributed by atoms with van der Waals surface area (Å²) in [4.78, 5) is 0. The molecule has 1 aromatic heterocycles. The predicted octanol–water partition coefficient (Wildman–Crippen LogP) is 1.96. The molecule has 0 bridgehead atoms. The average Bonchev–Trinajstić information content (AvgIpc) is 2.68. The fraction of sp³-hybridized carbons (Fsp3) is 0.727. The highest BCUT2D eigenvalue weighted by Crippen LogP contribution is 2.33. The molecule has 1 aliphatic carbocycles. The number of H-pyrrole nitrogens is 1. The van der Waals surface area contributed by atoms with E-state index in [1.54, 1.807) is 0 Å². The van der Waals surface area contributed by atoms with Gasteiger partial charge in [0.15, 0.2) is 0 Å². The van der Waals surface area contributed by atoms with Gasteiger partial charge in [0.25, 0.3) is 0 Å². The van der Waals surface area contributed by atoms with Gasteiger partial charge in [0.2, 0.25) is 0 Å². The van der Waals surface area contributed by atoms with Crippen LogP contribution in [0.5, 0.6) is 0 Å². The third-order valence-corrected chi connectivity index (χ3v) is 3.18. The number of rotatable bonds is 3. The molecule has 3 N–H and O–H groups in total. The van der Waals surface area contributed by atoms with Crippen LogP contribution >= 0.6 is 0 Å². The van der Waals surface area contributed by atoms with Crippen molar-refractivity contribution in [2.45, 2.75) is 44.4 Å². The van der Waals surface area contributed by atoms with E-state index in [4.69, 9.17) is 5.73 Å². The monoisotopic (exact) mass is 193 g/mol. The van der Waals surface area contributed by atoms with Gasteiger partial charge in [-0.25, -0.2) is 0 Å². The molecule has 0 aliphatic heterocycles.